The van der Waals surface area contributed by atoms with Crippen LogP contribution < -0.4 is 5.32 Å². The molecule has 0 aliphatic carbocycles. The molecule has 2 aromatic rings. The third kappa shape index (κ3) is 2.71. The van der Waals surface area contributed by atoms with E-state index in [1.165, 1.54) is 12.1 Å². The number of carbonyl (C=O) groups is 1. The molecule has 4 heteroatoms. The Morgan fingerprint density at radius 2 is 2.00 bits per heavy atom. The first-order valence-corrected chi connectivity index (χ1v) is 5.98. The van der Waals surface area contributed by atoms with E-state index in [1.54, 1.807) is 31.2 Å². The summed E-state index contributed by atoms with van der Waals surface area (Å²) in [7, 11) is 0. The summed E-state index contributed by atoms with van der Waals surface area (Å²) in [4.78, 5) is 12.1. The molecule has 0 heterocycles. The van der Waals surface area contributed by atoms with Gasteiger partial charge in [-0.3, -0.25) is 4.79 Å². The van der Waals surface area contributed by atoms with Gasteiger partial charge in [0, 0.05) is 17.0 Å². The van der Waals surface area contributed by atoms with Crippen molar-refractivity contribution in [2.45, 2.75) is 19.4 Å². The van der Waals surface area contributed by atoms with Gasteiger partial charge in [0.05, 0.1) is 12.5 Å². The lowest BCUT2D eigenvalue weighted by Crippen LogP contribution is -2.32. The number of nitrogens with one attached hydrogen (secondary N) is 1. The van der Waals surface area contributed by atoms with Crippen LogP contribution in [-0.4, -0.2) is 11.9 Å². The molecule has 0 aromatic heterocycles. The van der Waals surface area contributed by atoms with Gasteiger partial charge < -0.3 is 5.32 Å². The van der Waals surface area contributed by atoms with E-state index in [0.717, 1.165) is 0 Å². The lowest BCUT2D eigenvalue weighted by atomic mass is 10.0. The van der Waals surface area contributed by atoms with Gasteiger partial charge in [-0.15, -0.1) is 0 Å². The van der Waals surface area contributed by atoms with E-state index >= 15 is 0 Å². The van der Waals surface area contributed by atoms with Crippen molar-refractivity contribution in [1.29, 1.82) is 5.26 Å². The lowest BCUT2D eigenvalue weighted by Gasteiger charge is -2.12. The number of halogens is 1. The first kappa shape index (κ1) is 13.0. The first-order valence-electron chi connectivity index (χ1n) is 5.98. The third-order valence-corrected chi connectivity index (χ3v) is 2.89. The van der Waals surface area contributed by atoms with E-state index in [4.69, 9.17) is 5.26 Å². The first-order chi connectivity index (χ1) is 9.13. The van der Waals surface area contributed by atoms with Crippen LogP contribution in [0.2, 0.25) is 0 Å². The van der Waals surface area contributed by atoms with Crippen LogP contribution in [0.15, 0.2) is 36.4 Å². The number of nitrogens with zero attached hydrogens (tertiary/aromatic N) is 1. The summed E-state index contributed by atoms with van der Waals surface area (Å²) < 4.78 is 13.6. The van der Waals surface area contributed by atoms with Crippen molar-refractivity contribution in [2.24, 2.45) is 0 Å². The molecule has 0 saturated carbocycles. The van der Waals surface area contributed by atoms with Crippen LogP contribution in [0.5, 0.6) is 0 Å². The molecule has 1 atom stereocenters. The standard InChI is InChI=1S/C15H13FN2O/c1-10(8-9-17)18-15(19)13-6-7-14(16)12-5-3-2-4-11(12)13/h2-7,10H,8H2,1H3,(H,18,19). The number of nitriles is 1. The smallest absolute Gasteiger partial charge is 0.252 e. The predicted molar refractivity (Wildman–Crippen MR) is 71.1 cm³/mol. The van der Waals surface area contributed by atoms with E-state index in [0.29, 0.717) is 16.3 Å². The molecule has 96 valence electrons. The minimum absolute atomic E-state index is 0.235. The summed E-state index contributed by atoms with van der Waals surface area (Å²) in [6, 6.07) is 11.3. The molecule has 0 fully saturated rings. The molecule has 0 aliphatic rings. The number of fused-ring (bicyclic) bond motifs is 1. The average Bonchev–Trinajstić information content (AvgIpc) is 2.39. The Labute approximate surface area is 110 Å². The SMILES string of the molecule is CC(CC#N)NC(=O)c1ccc(F)c2ccccc12. The van der Waals surface area contributed by atoms with Gasteiger partial charge in [0.15, 0.2) is 0 Å². The highest BCUT2D eigenvalue weighted by Gasteiger charge is 2.14. The molecule has 1 unspecified atom stereocenters. The van der Waals surface area contributed by atoms with Crippen molar-refractivity contribution in [3.63, 3.8) is 0 Å². The van der Waals surface area contributed by atoms with Crippen LogP contribution in [0.4, 0.5) is 4.39 Å². The fraction of sp³-hybridized carbons (Fsp3) is 0.200. The number of hydrogen-bond donors (Lipinski definition) is 1. The number of hydrogen-bond acceptors (Lipinski definition) is 2. The number of benzene rings is 2. The van der Waals surface area contributed by atoms with Crippen LogP contribution >= 0.6 is 0 Å². The fourth-order valence-electron chi connectivity index (χ4n) is 1.95. The summed E-state index contributed by atoms with van der Waals surface area (Å²) in [5.74, 6) is -0.642. The van der Waals surface area contributed by atoms with Crippen molar-refractivity contribution in [1.82, 2.24) is 5.32 Å². The van der Waals surface area contributed by atoms with Crippen molar-refractivity contribution in [3.05, 3.63) is 47.8 Å². The maximum absolute atomic E-state index is 13.6. The maximum atomic E-state index is 13.6. The van der Waals surface area contributed by atoms with Crippen molar-refractivity contribution >= 4 is 16.7 Å². The minimum atomic E-state index is -0.350. The predicted octanol–water partition coefficient (Wildman–Crippen LogP) is 3.01. The normalized spacial score (nSPS) is 11.8. The monoisotopic (exact) mass is 256 g/mol. The Morgan fingerprint density at radius 3 is 2.68 bits per heavy atom. The summed E-state index contributed by atoms with van der Waals surface area (Å²) in [5.41, 5.74) is 0.418. The molecule has 1 amide bonds. The average molecular weight is 256 g/mol. The molecule has 1 N–H and O–H groups in total. The third-order valence-electron chi connectivity index (χ3n) is 2.89. The number of amides is 1. The van der Waals surface area contributed by atoms with Gasteiger partial charge in [0.25, 0.3) is 5.91 Å². The highest BCUT2D eigenvalue weighted by molar-refractivity contribution is 6.07. The Morgan fingerprint density at radius 1 is 1.32 bits per heavy atom. The molecular formula is C15H13FN2O. The molecule has 0 aliphatic heterocycles. The molecule has 19 heavy (non-hydrogen) atoms. The van der Waals surface area contributed by atoms with Crippen LogP contribution in [0.3, 0.4) is 0 Å². The largest absolute Gasteiger partial charge is 0.349 e. The van der Waals surface area contributed by atoms with Crippen LogP contribution in [0, 0.1) is 17.1 Å². The van der Waals surface area contributed by atoms with Crippen LogP contribution in [0.1, 0.15) is 23.7 Å². The van der Waals surface area contributed by atoms with Gasteiger partial charge >= 0.3 is 0 Å². The molecule has 0 radical (unpaired) electrons. The van der Waals surface area contributed by atoms with Crippen molar-refractivity contribution in [3.8, 4) is 6.07 Å². The fourth-order valence-corrected chi connectivity index (χ4v) is 1.95. The molecule has 0 bridgehead atoms. The highest BCUT2D eigenvalue weighted by Crippen LogP contribution is 2.21. The van der Waals surface area contributed by atoms with Gasteiger partial charge in [0.2, 0.25) is 0 Å². The second-order valence-corrected chi connectivity index (χ2v) is 4.38. The van der Waals surface area contributed by atoms with Crippen LogP contribution in [-0.2, 0) is 0 Å². The summed E-state index contributed by atoms with van der Waals surface area (Å²) >= 11 is 0. The molecular weight excluding hydrogens is 243 g/mol. The zero-order valence-corrected chi connectivity index (χ0v) is 10.5. The number of carbonyl (C=O) groups excluding carboxylic acids is 1. The van der Waals surface area contributed by atoms with Gasteiger partial charge in [-0.2, -0.15) is 5.26 Å². The van der Waals surface area contributed by atoms with E-state index in [1.807, 2.05) is 6.07 Å². The zero-order chi connectivity index (χ0) is 13.8. The van der Waals surface area contributed by atoms with E-state index in [-0.39, 0.29) is 24.2 Å². The molecule has 3 nitrogen and oxygen atoms in total. The van der Waals surface area contributed by atoms with Crippen molar-refractivity contribution in [2.75, 3.05) is 0 Å². The summed E-state index contributed by atoms with van der Waals surface area (Å²) in [6.45, 7) is 1.76. The quantitative estimate of drug-likeness (QED) is 0.917. The van der Waals surface area contributed by atoms with E-state index in [2.05, 4.69) is 5.32 Å². The van der Waals surface area contributed by atoms with Gasteiger partial charge in [-0.1, -0.05) is 24.3 Å². The molecule has 2 rings (SSSR count). The number of rotatable bonds is 3. The summed E-state index contributed by atoms with van der Waals surface area (Å²) in [6.07, 6.45) is 0.241. The van der Waals surface area contributed by atoms with Gasteiger partial charge in [-0.05, 0) is 24.4 Å². The highest BCUT2D eigenvalue weighted by atomic mass is 19.1. The minimum Gasteiger partial charge on any atom is -0.349 e. The maximum Gasteiger partial charge on any atom is 0.252 e. The summed E-state index contributed by atoms with van der Waals surface area (Å²) in [5, 5.41) is 12.3. The van der Waals surface area contributed by atoms with Gasteiger partial charge in [0.1, 0.15) is 5.82 Å². The Balaban J connectivity index is 2.38. The Hall–Kier alpha value is -2.41. The van der Waals surface area contributed by atoms with E-state index in [9.17, 15) is 9.18 Å². The Kier molecular flexibility index (Phi) is 3.76. The Bertz CT molecular complexity index is 661. The molecule has 2 aromatic carbocycles. The van der Waals surface area contributed by atoms with Crippen LogP contribution in [0.25, 0.3) is 10.8 Å². The lowest BCUT2D eigenvalue weighted by molar-refractivity contribution is 0.0942. The second-order valence-electron chi connectivity index (χ2n) is 4.38. The van der Waals surface area contributed by atoms with E-state index < -0.39 is 0 Å². The topological polar surface area (TPSA) is 52.9 Å². The second kappa shape index (κ2) is 5.49. The molecule has 0 spiro atoms. The molecule has 0 saturated heterocycles. The van der Waals surface area contributed by atoms with Crippen molar-refractivity contribution < 1.29 is 9.18 Å². The van der Waals surface area contributed by atoms with Gasteiger partial charge in [-0.25, -0.2) is 4.39 Å². The zero-order valence-electron chi connectivity index (χ0n) is 10.5.